The lowest BCUT2D eigenvalue weighted by atomic mass is 10.1. The maximum Gasteiger partial charge on any atom is 0.261 e. The van der Waals surface area contributed by atoms with Gasteiger partial charge in [-0.15, -0.1) is 0 Å². The van der Waals surface area contributed by atoms with Crippen LogP contribution in [-0.4, -0.2) is 15.7 Å². The topological polar surface area (TPSA) is 60.1 Å². The summed E-state index contributed by atoms with van der Waals surface area (Å²) in [7, 11) is 1.82. The Kier molecular flexibility index (Phi) is 8.89. The van der Waals surface area contributed by atoms with Crippen molar-refractivity contribution in [2.45, 2.75) is 27.7 Å². The summed E-state index contributed by atoms with van der Waals surface area (Å²) in [5.74, 6) is -1.99. The number of nitrogens with one attached hydrogen (secondary N) is 1. The SMILES string of the molecule is CC.CC.Cn1nc(-c2ccco2)cc1-c1ccc(NC(=O)c2c(F)cccc2F)cc1. The quantitative estimate of drug-likeness (QED) is 0.375. The molecule has 0 fully saturated rings. The molecule has 0 unspecified atom stereocenters. The minimum Gasteiger partial charge on any atom is -0.463 e. The summed E-state index contributed by atoms with van der Waals surface area (Å²) in [4.78, 5) is 12.2. The summed E-state index contributed by atoms with van der Waals surface area (Å²) in [5.41, 5.74) is 2.23. The second-order valence-corrected chi connectivity index (χ2v) is 6.14. The van der Waals surface area contributed by atoms with E-state index in [0.29, 0.717) is 17.1 Å². The Labute approximate surface area is 186 Å². The van der Waals surface area contributed by atoms with Crippen LogP contribution in [0.15, 0.2) is 71.3 Å². The molecule has 1 amide bonds. The Morgan fingerprint density at radius 1 is 0.938 bits per heavy atom. The third-order valence-corrected chi connectivity index (χ3v) is 4.28. The number of aryl methyl sites for hydroxylation is 1. The molecule has 2 aromatic carbocycles. The van der Waals surface area contributed by atoms with Crippen molar-refractivity contribution in [2.75, 3.05) is 5.32 Å². The number of nitrogens with zero attached hydrogens (tertiary/aromatic N) is 2. The van der Waals surface area contributed by atoms with E-state index >= 15 is 0 Å². The second kappa shape index (κ2) is 11.6. The fraction of sp³-hybridized carbons (Fsp3) is 0.200. The second-order valence-electron chi connectivity index (χ2n) is 6.14. The number of anilines is 1. The van der Waals surface area contributed by atoms with Gasteiger partial charge >= 0.3 is 0 Å². The van der Waals surface area contributed by atoms with Crippen molar-refractivity contribution in [3.63, 3.8) is 0 Å². The van der Waals surface area contributed by atoms with Gasteiger partial charge in [0.1, 0.15) is 22.9 Å². The van der Waals surface area contributed by atoms with Crippen molar-refractivity contribution in [3.05, 3.63) is 84.1 Å². The molecule has 0 aliphatic heterocycles. The van der Waals surface area contributed by atoms with Gasteiger partial charge in [0.05, 0.1) is 12.0 Å². The first-order chi connectivity index (χ1) is 15.5. The van der Waals surface area contributed by atoms with E-state index in [0.717, 1.165) is 23.4 Å². The third kappa shape index (κ3) is 5.49. The van der Waals surface area contributed by atoms with Crippen LogP contribution in [0.25, 0.3) is 22.7 Å². The molecule has 0 aliphatic carbocycles. The van der Waals surface area contributed by atoms with Gasteiger partial charge in [0.2, 0.25) is 0 Å². The van der Waals surface area contributed by atoms with Crippen LogP contribution in [0.5, 0.6) is 0 Å². The van der Waals surface area contributed by atoms with Gasteiger partial charge in [-0.1, -0.05) is 45.9 Å². The molecule has 0 radical (unpaired) electrons. The number of halogens is 2. The Morgan fingerprint density at radius 2 is 1.56 bits per heavy atom. The van der Waals surface area contributed by atoms with Gasteiger partial charge in [-0.05, 0) is 48.0 Å². The van der Waals surface area contributed by atoms with Crippen LogP contribution in [0, 0.1) is 11.6 Å². The fourth-order valence-electron chi connectivity index (χ4n) is 2.91. The Morgan fingerprint density at radius 3 is 2.12 bits per heavy atom. The molecular weight excluding hydrogens is 412 g/mol. The summed E-state index contributed by atoms with van der Waals surface area (Å²) in [6.45, 7) is 8.00. The van der Waals surface area contributed by atoms with Gasteiger partial charge in [-0.3, -0.25) is 9.48 Å². The predicted molar refractivity (Wildman–Crippen MR) is 123 cm³/mol. The number of amides is 1. The van der Waals surface area contributed by atoms with E-state index < -0.39 is 23.1 Å². The molecular formula is C25H27F2N3O2. The fourth-order valence-corrected chi connectivity index (χ4v) is 2.91. The minimum atomic E-state index is -0.908. The summed E-state index contributed by atoms with van der Waals surface area (Å²) >= 11 is 0. The molecule has 2 aromatic heterocycles. The lowest BCUT2D eigenvalue weighted by molar-refractivity contribution is 0.101. The van der Waals surface area contributed by atoms with Crippen LogP contribution in [0.3, 0.4) is 0 Å². The zero-order valence-electron chi connectivity index (χ0n) is 18.8. The molecule has 0 atom stereocenters. The maximum absolute atomic E-state index is 13.7. The Hall–Kier alpha value is -3.74. The van der Waals surface area contributed by atoms with Crippen LogP contribution >= 0.6 is 0 Å². The van der Waals surface area contributed by atoms with E-state index in [-0.39, 0.29) is 0 Å². The molecule has 2 heterocycles. The van der Waals surface area contributed by atoms with Gasteiger partial charge in [0, 0.05) is 12.7 Å². The first-order valence-electron chi connectivity index (χ1n) is 10.5. The number of aromatic nitrogens is 2. The van der Waals surface area contributed by atoms with E-state index in [1.165, 1.54) is 6.07 Å². The van der Waals surface area contributed by atoms with E-state index in [4.69, 9.17) is 4.42 Å². The molecule has 7 heteroatoms. The average molecular weight is 440 g/mol. The van der Waals surface area contributed by atoms with Gasteiger partial charge < -0.3 is 9.73 Å². The monoisotopic (exact) mass is 439 g/mol. The highest BCUT2D eigenvalue weighted by Gasteiger charge is 2.17. The zero-order chi connectivity index (χ0) is 23.7. The Bertz CT molecular complexity index is 1110. The minimum absolute atomic E-state index is 0.421. The van der Waals surface area contributed by atoms with Gasteiger partial charge in [0.15, 0.2) is 5.76 Å². The first-order valence-corrected chi connectivity index (χ1v) is 10.5. The van der Waals surface area contributed by atoms with Crippen molar-refractivity contribution < 1.29 is 18.0 Å². The van der Waals surface area contributed by atoms with Crippen LogP contribution in [0.4, 0.5) is 14.5 Å². The normalized spacial score (nSPS) is 9.84. The highest BCUT2D eigenvalue weighted by molar-refractivity contribution is 6.04. The van der Waals surface area contributed by atoms with E-state index in [9.17, 15) is 13.6 Å². The summed E-state index contributed by atoms with van der Waals surface area (Å²) in [6, 6.07) is 15.7. The van der Waals surface area contributed by atoms with E-state index in [2.05, 4.69) is 10.4 Å². The van der Waals surface area contributed by atoms with Crippen molar-refractivity contribution in [2.24, 2.45) is 7.05 Å². The zero-order valence-corrected chi connectivity index (χ0v) is 18.8. The van der Waals surface area contributed by atoms with Gasteiger partial charge in [-0.2, -0.15) is 5.10 Å². The van der Waals surface area contributed by atoms with Gasteiger partial charge in [-0.25, -0.2) is 8.78 Å². The summed E-state index contributed by atoms with van der Waals surface area (Å²) < 4.78 is 34.6. The number of hydrogen-bond acceptors (Lipinski definition) is 3. The smallest absolute Gasteiger partial charge is 0.261 e. The Balaban J connectivity index is 0.000000860. The molecule has 4 aromatic rings. The first kappa shape index (κ1) is 24.5. The standard InChI is InChI=1S/C21H15F2N3O2.2C2H6/c1-26-18(12-17(25-26)19-6-3-11-28-19)13-7-9-14(10-8-13)24-21(27)20-15(22)4-2-5-16(20)23;2*1-2/h2-12H,1H3,(H,24,27);2*1-2H3. The van der Waals surface area contributed by atoms with Crippen molar-refractivity contribution in [1.82, 2.24) is 9.78 Å². The van der Waals surface area contributed by atoms with Crippen molar-refractivity contribution >= 4 is 11.6 Å². The van der Waals surface area contributed by atoms with E-state index in [1.807, 2.05) is 46.9 Å². The number of hydrogen-bond donors (Lipinski definition) is 1. The summed E-state index contributed by atoms with van der Waals surface area (Å²) in [6.07, 6.45) is 1.58. The molecule has 0 aliphatic rings. The molecule has 0 bridgehead atoms. The molecule has 0 saturated carbocycles. The number of furan rings is 1. The van der Waals surface area contributed by atoms with Crippen molar-refractivity contribution in [3.8, 4) is 22.7 Å². The highest BCUT2D eigenvalue weighted by Crippen LogP contribution is 2.27. The molecule has 0 saturated heterocycles. The third-order valence-electron chi connectivity index (χ3n) is 4.28. The predicted octanol–water partition coefficient (Wildman–Crippen LogP) is 6.93. The van der Waals surface area contributed by atoms with Gasteiger partial charge in [0.25, 0.3) is 5.91 Å². The largest absolute Gasteiger partial charge is 0.463 e. The number of rotatable bonds is 4. The molecule has 5 nitrogen and oxygen atoms in total. The lowest BCUT2D eigenvalue weighted by Gasteiger charge is -2.08. The average Bonchev–Trinajstić information content (AvgIpc) is 3.47. The van der Waals surface area contributed by atoms with Crippen LogP contribution in [-0.2, 0) is 7.05 Å². The molecule has 4 rings (SSSR count). The maximum atomic E-state index is 13.7. The highest BCUT2D eigenvalue weighted by atomic mass is 19.1. The van der Waals surface area contributed by atoms with Crippen LogP contribution in [0.1, 0.15) is 38.1 Å². The van der Waals surface area contributed by atoms with Crippen LogP contribution in [0.2, 0.25) is 0 Å². The molecule has 32 heavy (non-hydrogen) atoms. The molecule has 168 valence electrons. The molecule has 0 spiro atoms. The van der Waals surface area contributed by atoms with E-state index in [1.54, 1.807) is 41.3 Å². The molecule has 1 N–H and O–H groups in total. The number of carbonyl (C=O) groups is 1. The number of carbonyl (C=O) groups excluding carboxylic acids is 1. The summed E-state index contributed by atoms with van der Waals surface area (Å²) in [5, 5.41) is 6.93. The van der Waals surface area contributed by atoms with Crippen molar-refractivity contribution in [1.29, 1.82) is 0 Å². The number of benzene rings is 2. The lowest BCUT2D eigenvalue weighted by Crippen LogP contribution is -2.15. The van der Waals surface area contributed by atoms with Crippen LogP contribution < -0.4 is 5.32 Å².